The van der Waals surface area contributed by atoms with Crippen LogP contribution in [0.15, 0.2) is 29.7 Å². The lowest BCUT2D eigenvalue weighted by Crippen LogP contribution is -2.41. The van der Waals surface area contributed by atoms with Gasteiger partial charge in [-0.3, -0.25) is 19.7 Å². The molecule has 0 bridgehead atoms. The molecule has 1 fully saturated rings. The van der Waals surface area contributed by atoms with E-state index in [2.05, 4.69) is 30.4 Å². The fourth-order valence-electron chi connectivity index (χ4n) is 2.20. The zero-order chi connectivity index (χ0) is 17.1. The number of carbonyl (C=O) groups excluding carboxylic acids is 2. The minimum atomic E-state index is -0.520. The van der Waals surface area contributed by atoms with Crippen molar-refractivity contribution in [2.45, 2.75) is 36.2 Å². The van der Waals surface area contributed by atoms with Crippen LogP contribution in [0.1, 0.15) is 25.8 Å². The average Bonchev–Trinajstić information content (AvgIpc) is 3.35. The molecule has 9 heteroatoms. The molecule has 3 rings (SSSR count). The van der Waals surface area contributed by atoms with E-state index in [1.54, 1.807) is 19.3 Å². The van der Waals surface area contributed by atoms with Crippen LogP contribution in [0.5, 0.6) is 0 Å². The summed E-state index contributed by atoms with van der Waals surface area (Å²) < 4.78 is 2.07. The zero-order valence-corrected chi connectivity index (χ0v) is 14.2. The van der Waals surface area contributed by atoms with E-state index in [0.29, 0.717) is 11.2 Å². The van der Waals surface area contributed by atoms with Gasteiger partial charge < -0.3 is 5.32 Å². The lowest BCUT2D eigenvalue weighted by Gasteiger charge is -2.12. The van der Waals surface area contributed by atoms with Crippen LogP contribution >= 0.6 is 11.8 Å². The van der Waals surface area contributed by atoms with E-state index in [1.165, 1.54) is 18.8 Å². The number of hydrogen-bond acceptors (Lipinski definition) is 6. The second kappa shape index (κ2) is 7.00. The van der Waals surface area contributed by atoms with Gasteiger partial charge in [0.15, 0.2) is 11.0 Å². The quantitative estimate of drug-likeness (QED) is 0.798. The summed E-state index contributed by atoms with van der Waals surface area (Å²) in [5, 5.41) is 13.4. The number of amides is 3. The van der Waals surface area contributed by atoms with Gasteiger partial charge in [-0.1, -0.05) is 11.8 Å². The number of nitrogens with one attached hydrogen (secondary N) is 2. The number of carbonyl (C=O) groups is 2. The molecular formula is C15H18N6O2S. The Kier molecular flexibility index (Phi) is 4.79. The van der Waals surface area contributed by atoms with Crippen LogP contribution in [-0.4, -0.2) is 44.0 Å². The second-order valence-electron chi connectivity index (χ2n) is 5.47. The van der Waals surface area contributed by atoms with Gasteiger partial charge in [0.1, 0.15) is 0 Å². The van der Waals surface area contributed by atoms with Gasteiger partial charge in [0.05, 0.1) is 5.25 Å². The van der Waals surface area contributed by atoms with Crippen LogP contribution in [0, 0.1) is 0 Å². The Morgan fingerprint density at radius 2 is 2.00 bits per heavy atom. The van der Waals surface area contributed by atoms with Crippen LogP contribution < -0.4 is 10.6 Å². The largest absolute Gasteiger partial charge is 0.341 e. The molecule has 1 aliphatic rings. The first-order valence-electron chi connectivity index (χ1n) is 7.64. The monoisotopic (exact) mass is 346 g/mol. The van der Waals surface area contributed by atoms with Crippen LogP contribution in [0.2, 0.25) is 0 Å². The van der Waals surface area contributed by atoms with Crippen molar-refractivity contribution in [3.63, 3.8) is 0 Å². The molecule has 0 spiro atoms. The molecule has 3 amide bonds. The Labute approximate surface area is 143 Å². The van der Waals surface area contributed by atoms with Crippen molar-refractivity contribution in [2.75, 3.05) is 7.05 Å². The Bertz CT molecular complexity index is 744. The van der Waals surface area contributed by atoms with E-state index in [1.807, 2.05) is 12.1 Å². The first-order chi connectivity index (χ1) is 11.6. The minimum Gasteiger partial charge on any atom is -0.341 e. The van der Waals surface area contributed by atoms with E-state index in [4.69, 9.17) is 0 Å². The van der Waals surface area contributed by atoms with Gasteiger partial charge in [0, 0.05) is 31.0 Å². The molecule has 1 saturated carbocycles. The van der Waals surface area contributed by atoms with Gasteiger partial charge in [-0.05, 0) is 31.9 Å². The summed E-state index contributed by atoms with van der Waals surface area (Å²) in [6, 6.07) is 3.62. The van der Waals surface area contributed by atoms with E-state index in [9.17, 15) is 9.59 Å². The lowest BCUT2D eigenvalue weighted by molar-refractivity contribution is -0.119. The molecule has 126 valence electrons. The predicted molar refractivity (Wildman–Crippen MR) is 89.4 cm³/mol. The highest BCUT2D eigenvalue weighted by Crippen LogP contribution is 2.41. The molecule has 2 aromatic heterocycles. The molecule has 1 atom stereocenters. The predicted octanol–water partition coefficient (Wildman–Crippen LogP) is 1.61. The molecule has 2 N–H and O–H groups in total. The molecule has 0 aliphatic heterocycles. The van der Waals surface area contributed by atoms with Crippen LogP contribution in [0.4, 0.5) is 4.79 Å². The highest BCUT2D eigenvalue weighted by atomic mass is 32.2. The number of imide groups is 1. The smallest absolute Gasteiger partial charge is 0.321 e. The summed E-state index contributed by atoms with van der Waals surface area (Å²) in [4.78, 5) is 27.3. The molecular weight excluding hydrogens is 328 g/mol. The lowest BCUT2D eigenvalue weighted by atomic mass is 10.2. The van der Waals surface area contributed by atoms with Crippen molar-refractivity contribution >= 4 is 23.7 Å². The Morgan fingerprint density at radius 1 is 1.29 bits per heavy atom. The molecule has 0 radical (unpaired) electrons. The van der Waals surface area contributed by atoms with Crippen molar-refractivity contribution in [1.82, 2.24) is 30.4 Å². The van der Waals surface area contributed by atoms with Crippen LogP contribution in [-0.2, 0) is 4.79 Å². The number of rotatable bonds is 5. The third kappa shape index (κ3) is 3.56. The fourth-order valence-corrected chi connectivity index (χ4v) is 3.12. The van der Waals surface area contributed by atoms with Gasteiger partial charge in [0.25, 0.3) is 0 Å². The second-order valence-corrected chi connectivity index (χ2v) is 6.78. The Morgan fingerprint density at radius 3 is 2.62 bits per heavy atom. The average molecular weight is 346 g/mol. The molecule has 8 nitrogen and oxygen atoms in total. The molecule has 24 heavy (non-hydrogen) atoms. The van der Waals surface area contributed by atoms with E-state index >= 15 is 0 Å². The van der Waals surface area contributed by atoms with Crippen LogP contribution in [0.25, 0.3) is 11.4 Å². The highest BCUT2D eigenvalue weighted by Gasteiger charge is 2.31. The molecule has 2 aromatic rings. The fraction of sp³-hybridized carbons (Fsp3) is 0.400. The zero-order valence-electron chi connectivity index (χ0n) is 13.4. The number of pyridine rings is 1. The number of thioether (sulfide) groups is 1. The summed E-state index contributed by atoms with van der Waals surface area (Å²) in [6.07, 6.45) is 5.58. The summed E-state index contributed by atoms with van der Waals surface area (Å²) in [7, 11) is 1.46. The van der Waals surface area contributed by atoms with E-state index in [-0.39, 0.29) is 5.91 Å². The Balaban J connectivity index is 1.80. The van der Waals surface area contributed by atoms with Gasteiger partial charge in [-0.15, -0.1) is 10.2 Å². The van der Waals surface area contributed by atoms with Crippen molar-refractivity contribution in [3.8, 4) is 11.4 Å². The standard InChI is InChI=1S/C15H18N6O2S/c1-9(13(22)18-14(23)16-2)24-15-20-19-12(21(15)11-3-4-11)10-5-7-17-8-6-10/h5-9,11H,3-4H2,1-2H3,(H2,16,18,22,23)/t9-/m1/s1. The van der Waals surface area contributed by atoms with Gasteiger partial charge in [-0.2, -0.15) is 0 Å². The van der Waals surface area contributed by atoms with E-state index in [0.717, 1.165) is 24.2 Å². The number of aromatic nitrogens is 4. The molecule has 2 heterocycles. The molecule has 1 aliphatic carbocycles. The third-order valence-electron chi connectivity index (χ3n) is 3.63. The summed E-state index contributed by atoms with van der Waals surface area (Å²) in [5.41, 5.74) is 0.943. The minimum absolute atomic E-state index is 0.361. The van der Waals surface area contributed by atoms with Crippen LogP contribution in [0.3, 0.4) is 0 Å². The SMILES string of the molecule is CNC(=O)NC(=O)[C@@H](C)Sc1nnc(-c2ccncc2)n1C1CC1. The number of nitrogens with zero attached hydrogens (tertiary/aromatic N) is 4. The first kappa shape index (κ1) is 16.4. The third-order valence-corrected chi connectivity index (χ3v) is 4.69. The van der Waals surface area contributed by atoms with E-state index < -0.39 is 11.3 Å². The number of hydrogen-bond donors (Lipinski definition) is 2. The number of urea groups is 1. The topological polar surface area (TPSA) is 102 Å². The van der Waals surface area contributed by atoms with Crippen molar-refractivity contribution in [3.05, 3.63) is 24.5 Å². The van der Waals surface area contributed by atoms with Crippen molar-refractivity contribution < 1.29 is 9.59 Å². The summed E-state index contributed by atoms with van der Waals surface area (Å²) >= 11 is 1.30. The summed E-state index contributed by atoms with van der Waals surface area (Å²) in [6.45, 7) is 1.74. The maximum absolute atomic E-state index is 12.0. The molecule has 0 saturated heterocycles. The van der Waals surface area contributed by atoms with Gasteiger partial charge in [0.2, 0.25) is 5.91 Å². The highest BCUT2D eigenvalue weighted by molar-refractivity contribution is 8.00. The first-order valence-corrected chi connectivity index (χ1v) is 8.52. The van der Waals surface area contributed by atoms with Gasteiger partial charge >= 0.3 is 6.03 Å². The van der Waals surface area contributed by atoms with Gasteiger partial charge in [-0.25, -0.2) is 4.79 Å². The molecule has 0 unspecified atom stereocenters. The summed E-state index contributed by atoms with van der Waals surface area (Å²) in [5.74, 6) is 0.413. The van der Waals surface area contributed by atoms with Crippen molar-refractivity contribution in [2.24, 2.45) is 0 Å². The van der Waals surface area contributed by atoms with Crippen molar-refractivity contribution in [1.29, 1.82) is 0 Å². The molecule has 0 aromatic carbocycles. The Hall–Kier alpha value is -2.42. The normalized spacial score (nSPS) is 14.9. The maximum atomic E-state index is 12.0. The maximum Gasteiger partial charge on any atom is 0.321 e.